The number of nitro benzene ring substituents is 1. The van der Waals surface area contributed by atoms with E-state index in [1.54, 1.807) is 17.5 Å². The molecule has 0 unspecified atom stereocenters. The Bertz CT molecular complexity index is 592. The highest BCUT2D eigenvalue weighted by atomic mass is 32.1. The molecule has 0 aliphatic heterocycles. The van der Waals surface area contributed by atoms with E-state index in [1.807, 2.05) is 0 Å². The van der Waals surface area contributed by atoms with Gasteiger partial charge in [-0.25, -0.2) is 0 Å². The fourth-order valence-electron chi connectivity index (χ4n) is 1.52. The Morgan fingerprint density at radius 2 is 2.17 bits per heavy atom. The molecule has 2 aromatic rings. The van der Waals surface area contributed by atoms with Crippen LogP contribution in [0.3, 0.4) is 0 Å². The predicted molar refractivity (Wildman–Crippen MR) is 67.4 cm³/mol. The quantitative estimate of drug-likeness (QED) is 0.483. The van der Waals surface area contributed by atoms with E-state index in [9.17, 15) is 14.9 Å². The van der Waals surface area contributed by atoms with Crippen molar-refractivity contribution in [3.8, 4) is 5.75 Å². The second-order valence-electron chi connectivity index (χ2n) is 3.45. The lowest BCUT2D eigenvalue weighted by Crippen LogP contribution is -2.01. The van der Waals surface area contributed by atoms with Gasteiger partial charge in [0.25, 0.3) is 0 Å². The van der Waals surface area contributed by atoms with Crippen LogP contribution in [0.15, 0.2) is 35.7 Å². The number of rotatable bonds is 4. The summed E-state index contributed by atoms with van der Waals surface area (Å²) in [5.74, 6) is -0.0828. The minimum atomic E-state index is -0.543. The molecule has 0 amide bonds. The SMILES string of the molecule is COc1cc(C(=O)c2cccs2)ccc1[N+](=O)[O-]. The number of nitro groups is 1. The summed E-state index contributed by atoms with van der Waals surface area (Å²) in [5.41, 5.74) is 0.222. The van der Waals surface area contributed by atoms with Crippen LogP contribution in [0.4, 0.5) is 5.69 Å². The van der Waals surface area contributed by atoms with Gasteiger partial charge in [0.2, 0.25) is 5.78 Å². The Morgan fingerprint density at radius 1 is 1.39 bits per heavy atom. The van der Waals surface area contributed by atoms with Crippen LogP contribution in [0.1, 0.15) is 15.2 Å². The molecular weight excluding hydrogens is 254 g/mol. The highest BCUT2D eigenvalue weighted by molar-refractivity contribution is 7.12. The zero-order chi connectivity index (χ0) is 13.1. The van der Waals surface area contributed by atoms with E-state index in [1.165, 1.54) is 36.6 Å². The fraction of sp³-hybridized carbons (Fsp3) is 0.0833. The molecule has 0 bridgehead atoms. The summed E-state index contributed by atoms with van der Waals surface area (Å²) in [6, 6.07) is 7.59. The van der Waals surface area contributed by atoms with E-state index < -0.39 is 4.92 Å². The zero-order valence-corrected chi connectivity index (χ0v) is 10.3. The third-order valence-corrected chi connectivity index (χ3v) is 3.25. The molecule has 92 valence electrons. The first-order valence-corrected chi connectivity index (χ1v) is 5.92. The van der Waals surface area contributed by atoms with Gasteiger partial charge >= 0.3 is 5.69 Å². The lowest BCUT2D eigenvalue weighted by Gasteiger charge is -2.03. The molecule has 0 saturated heterocycles. The normalized spacial score (nSPS) is 10.1. The highest BCUT2D eigenvalue weighted by Gasteiger charge is 2.18. The molecule has 18 heavy (non-hydrogen) atoms. The number of benzene rings is 1. The van der Waals surface area contributed by atoms with Crippen molar-refractivity contribution in [1.82, 2.24) is 0 Å². The number of ether oxygens (including phenoxy) is 1. The van der Waals surface area contributed by atoms with Crippen molar-refractivity contribution in [3.05, 3.63) is 56.3 Å². The lowest BCUT2D eigenvalue weighted by molar-refractivity contribution is -0.385. The molecule has 0 spiro atoms. The van der Waals surface area contributed by atoms with E-state index >= 15 is 0 Å². The molecule has 0 atom stereocenters. The Labute approximate surface area is 107 Å². The van der Waals surface area contributed by atoms with E-state index in [-0.39, 0.29) is 17.2 Å². The van der Waals surface area contributed by atoms with Gasteiger partial charge in [0.1, 0.15) is 0 Å². The number of hydrogen-bond acceptors (Lipinski definition) is 5. The van der Waals surface area contributed by atoms with Crippen LogP contribution in [0, 0.1) is 10.1 Å². The van der Waals surface area contributed by atoms with E-state index in [2.05, 4.69) is 0 Å². The number of hydrogen-bond donors (Lipinski definition) is 0. The molecule has 6 heteroatoms. The van der Waals surface area contributed by atoms with Crippen LogP contribution in [-0.2, 0) is 0 Å². The summed E-state index contributed by atoms with van der Waals surface area (Å²) >= 11 is 1.33. The highest BCUT2D eigenvalue weighted by Crippen LogP contribution is 2.28. The van der Waals surface area contributed by atoms with Crippen LogP contribution < -0.4 is 4.74 Å². The van der Waals surface area contributed by atoms with Gasteiger partial charge in [-0.1, -0.05) is 6.07 Å². The first kappa shape index (κ1) is 12.3. The van der Waals surface area contributed by atoms with Gasteiger partial charge < -0.3 is 4.74 Å². The number of nitrogens with zero attached hydrogens (tertiary/aromatic N) is 1. The van der Waals surface area contributed by atoms with Crippen LogP contribution >= 0.6 is 11.3 Å². The van der Waals surface area contributed by atoms with Crippen molar-refractivity contribution in [3.63, 3.8) is 0 Å². The van der Waals surface area contributed by atoms with E-state index in [4.69, 9.17) is 4.74 Å². The van der Waals surface area contributed by atoms with Crippen molar-refractivity contribution in [1.29, 1.82) is 0 Å². The lowest BCUT2D eigenvalue weighted by atomic mass is 10.1. The molecule has 0 aliphatic carbocycles. The molecule has 0 aliphatic rings. The predicted octanol–water partition coefficient (Wildman–Crippen LogP) is 2.90. The molecule has 0 saturated carbocycles. The summed E-state index contributed by atoms with van der Waals surface area (Å²) in [5, 5.41) is 12.5. The van der Waals surface area contributed by atoms with E-state index in [0.717, 1.165) is 0 Å². The summed E-state index contributed by atoms with van der Waals surface area (Å²) < 4.78 is 4.92. The summed E-state index contributed by atoms with van der Waals surface area (Å²) in [7, 11) is 1.34. The first-order chi connectivity index (χ1) is 8.63. The zero-order valence-electron chi connectivity index (χ0n) is 9.45. The average Bonchev–Trinajstić information content (AvgIpc) is 2.90. The largest absolute Gasteiger partial charge is 0.490 e. The van der Waals surface area contributed by atoms with Gasteiger partial charge in [-0.2, -0.15) is 0 Å². The maximum absolute atomic E-state index is 12.0. The van der Waals surface area contributed by atoms with Crippen LogP contribution in [-0.4, -0.2) is 17.8 Å². The maximum Gasteiger partial charge on any atom is 0.310 e. The first-order valence-electron chi connectivity index (χ1n) is 5.04. The van der Waals surface area contributed by atoms with Crippen molar-refractivity contribution in [2.24, 2.45) is 0 Å². The number of thiophene rings is 1. The van der Waals surface area contributed by atoms with Gasteiger partial charge in [-0.05, 0) is 23.6 Å². The number of methoxy groups -OCH3 is 1. The summed E-state index contributed by atoms with van der Waals surface area (Å²) in [6.45, 7) is 0. The molecule has 1 heterocycles. The standard InChI is InChI=1S/C12H9NO4S/c1-17-10-7-8(4-5-9(10)13(15)16)12(14)11-3-2-6-18-11/h2-7H,1H3. The Balaban J connectivity index is 2.42. The van der Waals surface area contributed by atoms with Crippen LogP contribution in [0.2, 0.25) is 0 Å². The van der Waals surface area contributed by atoms with Gasteiger partial charge in [0.05, 0.1) is 16.9 Å². The Kier molecular flexibility index (Phi) is 3.38. The molecular formula is C12H9NO4S. The van der Waals surface area contributed by atoms with E-state index in [0.29, 0.717) is 10.4 Å². The monoisotopic (exact) mass is 263 g/mol. The summed E-state index contributed by atoms with van der Waals surface area (Å²) in [6.07, 6.45) is 0. The van der Waals surface area contributed by atoms with Gasteiger partial charge in [-0.3, -0.25) is 14.9 Å². The van der Waals surface area contributed by atoms with Gasteiger partial charge in [0.15, 0.2) is 5.75 Å². The minimum absolute atomic E-state index is 0.0856. The van der Waals surface area contributed by atoms with Crippen molar-refractivity contribution in [2.75, 3.05) is 7.11 Å². The Morgan fingerprint density at radius 3 is 2.72 bits per heavy atom. The second-order valence-corrected chi connectivity index (χ2v) is 4.40. The smallest absolute Gasteiger partial charge is 0.310 e. The van der Waals surface area contributed by atoms with Gasteiger partial charge in [-0.15, -0.1) is 11.3 Å². The molecule has 0 N–H and O–H groups in total. The summed E-state index contributed by atoms with van der Waals surface area (Å²) in [4.78, 5) is 22.8. The van der Waals surface area contributed by atoms with Gasteiger partial charge in [0, 0.05) is 11.6 Å². The molecule has 0 fully saturated rings. The molecule has 1 aromatic carbocycles. The van der Waals surface area contributed by atoms with Crippen molar-refractivity contribution >= 4 is 22.8 Å². The number of carbonyl (C=O) groups is 1. The van der Waals surface area contributed by atoms with Crippen LogP contribution in [0.5, 0.6) is 5.75 Å². The molecule has 0 radical (unpaired) electrons. The topological polar surface area (TPSA) is 69.4 Å². The third kappa shape index (κ3) is 2.23. The molecule has 1 aromatic heterocycles. The molecule has 5 nitrogen and oxygen atoms in total. The maximum atomic E-state index is 12.0. The average molecular weight is 263 g/mol. The Hall–Kier alpha value is -2.21. The van der Waals surface area contributed by atoms with Crippen molar-refractivity contribution < 1.29 is 14.5 Å². The second kappa shape index (κ2) is 4.97. The van der Waals surface area contributed by atoms with Crippen molar-refractivity contribution in [2.45, 2.75) is 0 Å². The minimum Gasteiger partial charge on any atom is -0.490 e. The molecule has 2 rings (SSSR count). The fourth-order valence-corrected chi connectivity index (χ4v) is 2.21. The number of carbonyl (C=O) groups excluding carboxylic acids is 1. The third-order valence-electron chi connectivity index (χ3n) is 2.38. The van der Waals surface area contributed by atoms with Crippen LogP contribution in [0.25, 0.3) is 0 Å². The number of ketones is 1.